The molecule has 2 N–H and O–H groups in total. The molecule has 3 amide bonds. The lowest BCUT2D eigenvalue weighted by Gasteiger charge is -2.38. The van der Waals surface area contributed by atoms with Crippen molar-refractivity contribution in [2.45, 2.75) is 12.5 Å². The van der Waals surface area contributed by atoms with Crippen molar-refractivity contribution in [2.24, 2.45) is 0 Å². The van der Waals surface area contributed by atoms with Crippen LogP contribution in [0.15, 0.2) is 48.7 Å². The van der Waals surface area contributed by atoms with Gasteiger partial charge in [-0.2, -0.15) is 0 Å². The second-order valence-electron chi connectivity index (χ2n) is 8.30. The number of ether oxygens (including phenoxy) is 1. The van der Waals surface area contributed by atoms with E-state index in [1.165, 1.54) is 12.0 Å². The third-order valence-corrected chi connectivity index (χ3v) is 6.12. The maximum absolute atomic E-state index is 13.1. The lowest BCUT2D eigenvalue weighted by molar-refractivity contribution is -0.145. The van der Waals surface area contributed by atoms with Gasteiger partial charge in [0.15, 0.2) is 0 Å². The fourth-order valence-corrected chi connectivity index (χ4v) is 4.30. The zero-order valence-corrected chi connectivity index (χ0v) is 19.3. The number of carbonyl (C=O) groups is 3. The molecule has 1 atom stereocenters. The van der Waals surface area contributed by atoms with Crippen molar-refractivity contribution in [3.8, 4) is 5.75 Å². The predicted molar refractivity (Wildman–Crippen MR) is 128 cm³/mol. The van der Waals surface area contributed by atoms with Crippen molar-refractivity contribution >= 4 is 29.2 Å². The molecule has 0 aliphatic carbocycles. The van der Waals surface area contributed by atoms with Crippen LogP contribution in [0.2, 0.25) is 0 Å². The Morgan fingerprint density at radius 2 is 1.85 bits per heavy atom. The third-order valence-electron chi connectivity index (χ3n) is 6.12. The van der Waals surface area contributed by atoms with E-state index in [-0.39, 0.29) is 30.7 Å². The molecule has 2 aliphatic heterocycles. The van der Waals surface area contributed by atoms with E-state index in [0.717, 1.165) is 32.0 Å². The maximum Gasteiger partial charge on any atom is 0.243 e. The van der Waals surface area contributed by atoms with E-state index in [9.17, 15) is 14.4 Å². The number of nitrogens with zero attached hydrogens (tertiary/aromatic N) is 4. The summed E-state index contributed by atoms with van der Waals surface area (Å²) in [5.74, 6) is 0.656. The number of anilines is 2. The molecule has 10 nitrogen and oxygen atoms in total. The first-order valence-electron chi connectivity index (χ1n) is 11.4. The van der Waals surface area contributed by atoms with Crippen molar-refractivity contribution in [3.63, 3.8) is 0 Å². The molecule has 0 bridgehead atoms. The van der Waals surface area contributed by atoms with Crippen molar-refractivity contribution in [2.75, 3.05) is 63.1 Å². The molecule has 4 rings (SSSR count). The van der Waals surface area contributed by atoms with Crippen LogP contribution in [0.1, 0.15) is 6.42 Å². The summed E-state index contributed by atoms with van der Waals surface area (Å²) < 4.78 is 5.27. The van der Waals surface area contributed by atoms with Crippen molar-refractivity contribution in [1.82, 2.24) is 20.1 Å². The lowest BCUT2D eigenvalue weighted by atomic mass is 10.1. The Morgan fingerprint density at radius 3 is 2.59 bits per heavy atom. The summed E-state index contributed by atoms with van der Waals surface area (Å²) in [4.78, 5) is 48.6. The van der Waals surface area contributed by atoms with Crippen LogP contribution in [0.4, 0.5) is 11.5 Å². The number of hydrogen-bond acceptors (Lipinski definition) is 7. The summed E-state index contributed by atoms with van der Waals surface area (Å²) in [6.07, 6.45) is 1.65. The Labute approximate surface area is 198 Å². The first-order valence-corrected chi connectivity index (χ1v) is 11.4. The van der Waals surface area contributed by atoms with E-state index < -0.39 is 6.04 Å². The number of aromatic nitrogens is 1. The molecular weight excluding hydrogens is 436 g/mol. The van der Waals surface area contributed by atoms with Gasteiger partial charge in [-0.15, -0.1) is 0 Å². The first kappa shape index (κ1) is 23.5. The number of pyridine rings is 1. The smallest absolute Gasteiger partial charge is 0.243 e. The summed E-state index contributed by atoms with van der Waals surface area (Å²) in [5.41, 5.74) is 0.523. The number of benzene rings is 1. The number of nitrogens with one attached hydrogen (secondary N) is 2. The van der Waals surface area contributed by atoms with Crippen molar-refractivity contribution in [3.05, 3.63) is 48.7 Å². The molecule has 2 aromatic rings. The molecule has 2 fully saturated rings. The molecule has 10 heteroatoms. The Hall–Kier alpha value is -3.66. The maximum atomic E-state index is 13.1. The van der Waals surface area contributed by atoms with E-state index in [1.807, 2.05) is 18.2 Å². The normalized spacial score (nSPS) is 18.9. The molecule has 0 spiro atoms. The summed E-state index contributed by atoms with van der Waals surface area (Å²) in [7, 11) is 1.52. The fraction of sp³-hybridized carbons (Fsp3) is 0.417. The first-order chi connectivity index (χ1) is 16.5. The van der Waals surface area contributed by atoms with Crippen molar-refractivity contribution < 1.29 is 19.1 Å². The molecule has 2 aliphatic rings. The van der Waals surface area contributed by atoms with Gasteiger partial charge in [0, 0.05) is 45.5 Å². The van der Waals surface area contributed by atoms with Gasteiger partial charge in [0.05, 0.1) is 25.8 Å². The van der Waals surface area contributed by atoms with Crippen LogP contribution in [0, 0.1) is 0 Å². The molecule has 0 radical (unpaired) electrons. The van der Waals surface area contributed by atoms with Crippen LogP contribution in [0.3, 0.4) is 0 Å². The van der Waals surface area contributed by atoms with Gasteiger partial charge in [0.2, 0.25) is 17.7 Å². The highest BCUT2D eigenvalue weighted by Gasteiger charge is 2.35. The number of carbonyl (C=O) groups excluding carboxylic acids is 3. The number of piperazine rings is 2. The van der Waals surface area contributed by atoms with Gasteiger partial charge in [0.1, 0.15) is 17.6 Å². The minimum atomic E-state index is -0.842. The Morgan fingerprint density at radius 1 is 1.09 bits per heavy atom. The second-order valence-corrected chi connectivity index (χ2v) is 8.30. The van der Waals surface area contributed by atoms with Gasteiger partial charge in [0.25, 0.3) is 0 Å². The molecule has 3 heterocycles. The van der Waals surface area contributed by atoms with Crippen LogP contribution in [-0.4, -0.2) is 91.5 Å². The quantitative estimate of drug-likeness (QED) is 0.614. The van der Waals surface area contributed by atoms with Gasteiger partial charge in [-0.1, -0.05) is 18.2 Å². The number of para-hydroxylation sites is 2. The third kappa shape index (κ3) is 5.63. The molecular formula is C24H30N6O4. The molecule has 1 aromatic carbocycles. The number of amides is 3. The minimum absolute atomic E-state index is 0.122. The summed E-state index contributed by atoms with van der Waals surface area (Å²) in [6, 6.07) is 12.1. The Balaban J connectivity index is 1.34. The van der Waals surface area contributed by atoms with E-state index >= 15 is 0 Å². The van der Waals surface area contributed by atoms with Gasteiger partial charge in [-0.3, -0.25) is 19.3 Å². The molecule has 34 heavy (non-hydrogen) atoms. The van der Waals surface area contributed by atoms with Gasteiger partial charge < -0.3 is 25.2 Å². The summed E-state index contributed by atoms with van der Waals surface area (Å²) in [6.45, 7) is 3.97. The van der Waals surface area contributed by atoms with E-state index in [4.69, 9.17) is 4.74 Å². The zero-order chi connectivity index (χ0) is 23.9. The predicted octanol–water partition coefficient (Wildman–Crippen LogP) is 0.568. The number of hydrogen-bond donors (Lipinski definition) is 2. The van der Waals surface area contributed by atoms with Crippen LogP contribution in [0.25, 0.3) is 0 Å². The Bertz CT molecular complexity index is 1010. The molecule has 0 saturated carbocycles. The highest BCUT2D eigenvalue weighted by molar-refractivity contribution is 5.98. The van der Waals surface area contributed by atoms with Gasteiger partial charge in [-0.05, 0) is 24.3 Å². The van der Waals surface area contributed by atoms with Crippen LogP contribution in [-0.2, 0) is 14.4 Å². The number of methoxy groups -OCH3 is 1. The summed E-state index contributed by atoms with van der Waals surface area (Å²) in [5, 5.41) is 5.56. The van der Waals surface area contributed by atoms with Crippen LogP contribution < -0.4 is 20.3 Å². The molecule has 1 aromatic heterocycles. The molecule has 2 saturated heterocycles. The van der Waals surface area contributed by atoms with E-state index in [0.29, 0.717) is 24.5 Å². The van der Waals surface area contributed by atoms with E-state index in [2.05, 4.69) is 25.4 Å². The summed E-state index contributed by atoms with van der Waals surface area (Å²) >= 11 is 0. The van der Waals surface area contributed by atoms with Gasteiger partial charge >= 0.3 is 0 Å². The highest BCUT2D eigenvalue weighted by atomic mass is 16.5. The standard InChI is InChI=1S/C24H30N6O4/c1-34-20-7-3-2-6-18(20)27-22(31)16-19-24(33)26-10-11-30(19)23(32)17-28-12-14-29(15-13-28)21-8-4-5-9-25-21/h2-9,19H,10-17H2,1H3,(H,26,33)(H,27,31). The largest absolute Gasteiger partial charge is 0.495 e. The highest BCUT2D eigenvalue weighted by Crippen LogP contribution is 2.23. The topological polar surface area (TPSA) is 107 Å². The fourth-order valence-electron chi connectivity index (χ4n) is 4.30. The SMILES string of the molecule is COc1ccccc1NC(=O)CC1C(=O)NCCN1C(=O)CN1CCN(c2ccccn2)CC1. The van der Waals surface area contributed by atoms with Gasteiger partial charge in [-0.25, -0.2) is 4.98 Å². The molecule has 1 unspecified atom stereocenters. The number of rotatable bonds is 7. The lowest BCUT2D eigenvalue weighted by Crippen LogP contribution is -2.60. The zero-order valence-electron chi connectivity index (χ0n) is 19.3. The minimum Gasteiger partial charge on any atom is -0.495 e. The van der Waals surface area contributed by atoms with Crippen molar-refractivity contribution in [1.29, 1.82) is 0 Å². The van der Waals surface area contributed by atoms with Crippen LogP contribution in [0.5, 0.6) is 5.75 Å². The van der Waals surface area contributed by atoms with E-state index in [1.54, 1.807) is 30.5 Å². The average Bonchev–Trinajstić information content (AvgIpc) is 2.86. The molecule has 180 valence electrons. The monoisotopic (exact) mass is 466 g/mol. The van der Waals surface area contributed by atoms with Crippen LogP contribution >= 0.6 is 0 Å². The Kier molecular flexibility index (Phi) is 7.58. The average molecular weight is 467 g/mol. The second kappa shape index (κ2) is 11.0.